The molecule has 0 aliphatic carbocycles. The van der Waals surface area contributed by atoms with Crippen LogP contribution >= 0.6 is 11.8 Å². The van der Waals surface area contributed by atoms with E-state index in [0.717, 1.165) is 11.1 Å². The van der Waals surface area contributed by atoms with Gasteiger partial charge in [0.05, 0.1) is 6.61 Å². The van der Waals surface area contributed by atoms with Crippen molar-refractivity contribution in [3.05, 3.63) is 35.4 Å². The van der Waals surface area contributed by atoms with Crippen LogP contribution in [0.2, 0.25) is 0 Å². The van der Waals surface area contributed by atoms with E-state index < -0.39 is 36.4 Å². The Balaban J connectivity index is 1.97. The lowest BCUT2D eigenvalue weighted by Gasteiger charge is -2.28. The van der Waals surface area contributed by atoms with E-state index in [1.165, 1.54) is 11.8 Å². The molecule has 7 nitrogen and oxygen atoms in total. The largest absolute Gasteiger partial charge is 0.394 e. The zero-order chi connectivity index (χ0) is 16.3. The molecule has 0 saturated heterocycles. The van der Waals surface area contributed by atoms with Gasteiger partial charge in [0.25, 0.3) is 0 Å². The Kier molecular flexibility index (Phi) is 5.79. The van der Waals surface area contributed by atoms with Gasteiger partial charge in [-0.25, -0.2) is 0 Å². The summed E-state index contributed by atoms with van der Waals surface area (Å²) < 4.78 is 0. The molecule has 1 aliphatic rings. The quantitative estimate of drug-likeness (QED) is 0.385. The number of benzene rings is 1. The molecule has 22 heavy (non-hydrogen) atoms. The van der Waals surface area contributed by atoms with Crippen molar-refractivity contribution < 1.29 is 25.5 Å². The maximum absolute atomic E-state index is 10.1. The van der Waals surface area contributed by atoms with E-state index >= 15 is 0 Å². The molecule has 5 atom stereocenters. The lowest BCUT2D eigenvalue weighted by atomic mass is 10.0. The fourth-order valence-corrected chi connectivity index (χ4v) is 3.01. The Bertz CT molecular complexity index is 524. The van der Waals surface area contributed by atoms with Crippen LogP contribution < -0.4 is 5.43 Å². The van der Waals surface area contributed by atoms with Gasteiger partial charge in [-0.3, -0.25) is 5.43 Å². The second-order valence-corrected chi connectivity index (χ2v) is 6.30. The number of hydrogen-bond acceptors (Lipinski definition) is 8. The minimum absolute atomic E-state index is 0.660. The van der Waals surface area contributed by atoms with Gasteiger partial charge in [-0.2, -0.15) is 5.10 Å². The van der Waals surface area contributed by atoms with Gasteiger partial charge < -0.3 is 25.5 Å². The van der Waals surface area contributed by atoms with Crippen LogP contribution in [0.5, 0.6) is 0 Å². The third-order valence-corrected chi connectivity index (χ3v) is 4.61. The lowest BCUT2D eigenvalue weighted by molar-refractivity contribution is -0.116. The number of rotatable bonds is 6. The summed E-state index contributed by atoms with van der Waals surface area (Å²) in [4.78, 5) is 0. The monoisotopic (exact) mass is 328 g/mol. The summed E-state index contributed by atoms with van der Waals surface area (Å²) in [6.07, 6.45) is -6.15. The van der Waals surface area contributed by atoms with Gasteiger partial charge in [0.15, 0.2) is 0 Å². The minimum atomic E-state index is -1.65. The first-order valence-corrected chi connectivity index (χ1v) is 7.72. The van der Waals surface area contributed by atoms with Crippen LogP contribution in [0, 0.1) is 6.92 Å². The average Bonchev–Trinajstić information content (AvgIpc) is 3.02. The number of aliphatic hydroxyl groups excluding tert-OH is 5. The summed E-state index contributed by atoms with van der Waals surface area (Å²) in [5.74, 6) is 0. The van der Waals surface area contributed by atoms with E-state index in [1.54, 1.807) is 0 Å². The van der Waals surface area contributed by atoms with E-state index in [4.69, 9.17) is 5.11 Å². The maximum atomic E-state index is 10.1. The van der Waals surface area contributed by atoms with E-state index in [9.17, 15) is 20.4 Å². The molecular formula is C14H20N2O5S. The first-order chi connectivity index (χ1) is 10.4. The Morgan fingerprint density at radius 2 is 1.77 bits per heavy atom. The molecule has 122 valence electrons. The molecule has 1 aromatic rings. The molecule has 0 saturated carbocycles. The molecule has 0 aromatic heterocycles. The van der Waals surface area contributed by atoms with Crippen molar-refractivity contribution in [2.24, 2.45) is 5.10 Å². The number of aryl methyl sites for hydroxylation is 1. The standard InChI is InChI=1S/C14H20N2O5S/c1-7-2-4-8(5-3-7)13-15-16-14(22-13)12(21)11(20)10(19)9(18)6-17/h2-5,9-12,14,16-21H,6H2,1H3/t9-,10-,11+,12+,14-/m0/s1. The van der Waals surface area contributed by atoms with Gasteiger partial charge in [-0.05, 0) is 6.92 Å². The van der Waals surface area contributed by atoms with E-state index in [1.807, 2.05) is 31.2 Å². The molecule has 0 bridgehead atoms. The Hall–Kier alpha value is -1.16. The SMILES string of the molecule is Cc1ccc(C2=NN[C@H]([C@H](O)[C@H](O)[C@@H](O)[C@@H](O)CO)S2)cc1. The normalized spacial score (nSPS) is 23.4. The molecule has 6 N–H and O–H groups in total. The third kappa shape index (κ3) is 3.78. The first-order valence-electron chi connectivity index (χ1n) is 6.84. The summed E-state index contributed by atoms with van der Waals surface area (Å²) >= 11 is 1.22. The predicted molar refractivity (Wildman–Crippen MR) is 83.3 cm³/mol. The molecule has 0 radical (unpaired) electrons. The van der Waals surface area contributed by atoms with Crippen LogP contribution in [0.3, 0.4) is 0 Å². The Labute approximate surface area is 132 Å². The van der Waals surface area contributed by atoms with Crippen molar-refractivity contribution in [1.29, 1.82) is 0 Å². The van der Waals surface area contributed by atoms with Crippen molar-refractivity contribution in [2.45, 2.75) is 36.7 Å². The third-order valence-electron chi connectivity index (χ3n) is 3.42. The van der Waals surface area contributed by atoms with Crippen LogP contribution in [0.1, 0.15) is 11.1 Å². The second-order valence-electron chi connectivity index (χ2n) is 5.17. The van der Waals surface area contributed by atoms with E-state index in [-0.39, 0.29) is 0 Å². The van der Waals surface area contributed by atoms with Gasteiger partial charge in [-0.15, -0.1) is 0 Å². The highest BCUT2D eigenvalue weighted by Crippen LogP contribution is 2.27. The number of thioether (sulfide) groups is 1. The average molecular weight is 328 g/mol. The lowest BCUT2D eigenvalue weighted by Crippen LogP contribution is -2.51. The number of hydrazone groups is 1. The molecule has 2 rings (SSSR count). The van der Waals surface area contributed by atoms with Crippen LogP contribution in [0.15, 0.2) is 29.4 Å². The van der Waals surface area contributed by atoms with Crippen LogP contribution in [-0.4, -0.2) is 67.0 Å². The molecule has 1 heterocycles. The fraction of sp³-hybridized carbons (Fsp3) is 0.500. The zero-order valence-electron chi connectivity index (χ0n) is 12.0. The number of nitrogens with zero attached hydrogens (tertiary/aromatic N) is 1. The van der Waals surface area contributed by atoms with Crippen LogP contribution in [0.4, 0.5) is 0 Å². The van der Waals surface area contributed by atoms with E-state index in [2.05, 4.69) is 10.5 Å². The highest BCUT2D eigenvalue weighted by Gasteiger charge is 2.37. The Morgan fingerprint density at radius 1 is 1.14 bits per heavy atom. The minimum Gasteiger partial charge on any atom is -0.394 e. The summed E-state index contributed by atoms with van der Waals surface area (Å²) in [6.45, 7) is 1.27. The number of aliphatic hydroxyl groups is 5. The molecule has 0 unspecified atom stereocenters. The summed E-state index contributed by atoms with van der Waals surface area (Å²) in [6, 6.07) is 7.69. The molecular weight excluding hydrogens is 308 g/mol. The number of nitrogens with one attached hydrogen (secondary N) is 1. The van der Waals surface area contributed by atoms with Crippen molar-refractivity contribution in [2.75, 3.05) is 6.61 Å². The van der Waals surface area contributed by atoms with Crippen molar-refractivity contribution in [3.8, 4) is 0 Å². The van der Waals surface area contributed by atoms with Crippen LogP contribution in [-0.2, 0) is 0 Å². The molecule has 0 spiro atoms. The highest BCUT2D eigenvalue weighted by atomic mass is 32.2. The van der Waals surface area contributed by atoms with Crippen molar-refractivity contribution >= 4 is 16.8 Å². The fourth-order valence-electron chi connectivity index (χ4n) is 1.99. The van der Waals surface area contributed by atoms with Gasteiger partial charge >= 0.3 is 0 Å². The van der Waals surface area contributed by atoms with Crippen molar-refractivity contribution in [3.63, 3.8) is 0 Å². The first kappa shape index (κ1) is 17.2. The van der Waals surface area contributed by atoms with Gasteiger partial charge in [0.1, 0.15) is 34.8 Å². The van der Waals surface area contributed by atoms with Crippen molar-refractivity contribution in [1.82, 2.24) is 5.43 Å². The van der Waals surface area contributed by atoms with Gasteiger partial charge in [0.2, 0.25) is 0 Å². The van der Waals surface area contributed by atoms with Crippen LogP contribution in [0.25, 0.3) is 0 Å². The summed E-state index contributed by atoms with van der Waals surface area (Å²) in [5.41, 5.74) is 4.69. The maximum Gasteiger partial charge on any atom is 0.125 e. The zero-order valence-corrected chi connectivity index (χ0v) is 12.8. The molecule has 0 amide bonds. The second kappa shape index (κ2) is 7.40. The summed E-state index contributed by atoms with van der Waals surface area (Å²) in [5, 5.41) is 51.8. The smallest absolute Gasteiger partial charge is 0.125 e. The van der Waals surface area contributed by atoms with Gasteiger partial charge in [0, 0.05) is 5.56 Å². The molecule has 8 heteroatoms. The van der Waals surface area contributed by atoms with Gasteiger partial charge in [-0.1, -0.05) is 41.6 Å². The Morgan fingerprint density at radius 3 is 2.36 bits per heavy atom. The molecule has 1 aliphatic heterocycles. The topological polar surface area (TPSA) is 126 Å². The predicted octanol–water partition coefficient (Wildman–Crippen LogP) is -1.24. The molecule has 0 fully saturated rings. The number of hydrogen-bond donors (Lipinski definition) is 6. The molecule has 1 aromatic carbocycles. The van der Waals surface area contributed by atoms with E-state index in [0.29, 0.717) is 5.04 Å². The summed E-state index contributed by atoms with van der Waals surface area (Å²) in [7, 11) is 0. The highest BCUT2D eigenvalue weighted by molar-refractivity contribution is 8.15.